The molecule has 0 fully saturated rings. The van der Waals surface area contributed by atoms with Crippen molar-refractivity contribution in [2.75, 3.05) is 0 Å². The van der Waals surface area contributed by atoms with Crippen LogP contribution in [0.3, 0.4) is 0 Å². The van der Waals surface area contributed by atoms with Gasteiger partial charge >= 0.3 is 6.18 Å². The predicted octanol–water partition coefficient (Wildman–Crippen LogP) is 0.910. The average Bonchev–Trinajstić information content (AvgIpc) is 3.29. The smallest absolute Gasteiger partial charge is 0.347 e. The lowest BCUT2D eigenvalue weighted by Crippen LogP contribution is -2.34. The van der Waals surface area contributed by atoms with Crippen LogP contribution in [0.25, 0.3) is 0 Å². The minimum Gasteiger partial charge on any atom is -0.347 e. The molecule has 12 heteroatoms. The number of tetrazole rings is 1. The van der Waals surface area contributed by atoms with E-state index in [1.807, 2.05) is 30.3 Å². The second-order valence-electron chi connectivity index (χ2n) is 5.32. The van der Waals surface area contributed by atoms with Gasteiger partial charge in [0.2, 0.25) is 5.91 Å². The maximum Gasteiger partial charge on any atom is 0.453 e. The molecule has 1 aromatic carbocycles. The van der Waals surface area contributed by atoms with E-state index in [9.17, 15) is 18.0 Å². The molecule has 1 atom stereocenters. The number of H-pyrrole nitrogens is 1. The Morgan fingerprint density at radius 1 is 1.27 bits per heavy atom. The van der Waals surface area contributed by atoms with Crippen LogP contribution in [-0.4, -0.2) is 41.3 Å². The van der Waals surface area contributed by atoms with E-state index >= 15 is 0 Å². The Kier molecular flexibility index (Phi) is 4.91. The highest BCUT2D eigenvalue weighted by Gasteiger charge is 2.36. The first-order valence-electron chi connectivity index (χ1n) is 7.46. The van der Waals surface area contributed by atoms with Crippen LogP contribution in [-0.2, 0) is 23.9 Å². The summed E-state index contributed by atoms with van der Waals surface area (Å²) in [6.45, 7) is -0.241. The van der Waals surface area contributed by atoms with Crippen LogP contribution in [0.2, 0.25) is 0 Å². The molecular formula is C14H13F3N8O. The number of benzene rings is 1. The van der Waals surface area contributed by atoms with Crippen LogP contribution in [0, 0.1) is 0 Å². The zero-order valence-electron chi connectivity index (χ0n) is 13.2. The zero-order chi connectivity index (χ0) is 18.6. The van der Waals surface area contributed by atoms with Crippen LogP contribution >= 0.6 is 0 Å². The average molecular weight is 366 g/mol. The first kappa shape index (κ1) is 17.5. The van der Waals surface area contributed by atoms with Crippen LogP contribution in [0.5, 0.6) is 0 Å². The van der Waals surface area contributed by atoms with Crippen molar-refractivity contribution in [3.05, 3.63) is 53.9 Å². The summed E-state index contributed by atoms with van der Waals surface area (Å²) in [5.41, 5.74) is 0.877. The van der Waals surface area contributed by atoms with Crippen molar-refractivity contribution in [1.82, 2.24) is 40.7 Å². The highest BCUT2D eigenvalue weighted by atomic mass is 19.4. The molecule has 2 aromatic heterocycles. The van der Waals surface area contributed by atoms with Crippen LogP contribution in [0.4, 0.5) is 13.2 Å². The van der Waals surface area contributed by atoms with E-state index in [0.29, 0.717) is 6.42 Å². The molecule has 2 heterocycles. The van der Waals surface area contributed by atoms with Crippen LogP contribution < -0.4 is 5.32 Å². The number of hydrogen-bond acceptors (Lipinski definition) is 6. The maximum atomic E-state index is 12.5. The van der Waals surface area contributed by atoms with E-state index in [-0.39, 0.29) is 12.4 Å². The van der Waals surface area contributed by atoms with Gasteiger partial charge in [0.1, 0.15) is 18.2 Å². The third kappa shape index (κ3) is 4.20. The first-order valence-corrected chi connectivity index (χ1v) is 7.46. The minimum atomic E-state index is -4.65. The van der Waals surface area contributed by atoms with Gasteiger partial charge in [-0.3, -0.25) is 9.89 Å². The molecule has 136 valence electrons. The predicted molar refractivity (Wildman–Crippen MR) is 80.2 cm³/mol. The zero-order valence-corrected chi connectivity index (χ0v) is 13.2. The Morgan fingerprint density at radius 2 is 2.04 bits per heavy atom. The summed E-state index contributed by atoms with van der Waals surface area (Å²) in [5, 5.41) is 18.5. The summed E-state index contributed by atoms with van der Waals surface area (Å²) in [4.78, 5) is 15.8. The first-order chi connectivity index (χ1) is 12.4. The number of nitrogens with zero attached hydrogens (tertiary/aromatic N) is 6. The molecule has 0 saturated carbocycles. The van der Waals surface area contributed by atoms with Gasteiger partial charge in [-0.05, 0) is 16.0 Å². The highest BCUT2D eigenvalue weighted by molar-refractivity contribution is 5.80. The van der Waals surface area contributed by atoms with Gasteiger partial charge < -0.3 is 5.32 Å². The Hall–Kier alpha value is -3.31. The SMILES string of the molecule is O=C(NCc1nc(C(F)(F)F)n[nH]1)C(Cc1ccccc1)n1cnnn1. The van der Waals surface area contributed by atoms with Gasteiger partial charge in [0, 0.05) is 6.42 Å². The molecule has 26 heavy (non-hydrogen) atoms. The monoisotopic (exact) mass is 366 g/mol. The van der Waals surface area contributed by atoms with Gasteiger partial charge in [-0.1, -0.05) is 30.3 Å². The number of halogens is 3. The van der Waals surface area contributed by atoms with Crippen molar-refractivity contribution >= 4 is 5.91 Å². The van der Waals surface area contributed by atoms with E-state index in [1.165, 1.54) is 11.0 Å². The lowest BCUT2D eigenvalue weighted by molar-refractivity contribution is -0.144. The molecule has 9 nitrogen and oxygen atoms in total. The topological polar surface area (TPSA) is 114 Å². The third-order valence-electron chi connectivity index (χ3n) is 3.47. The minimum absolute atomic E-state index is 0.110. The summed E-state index contributed by atoms with van der Waals surface area (Å²) in [6, 6.07) is 8.43. The fourth-order valence-corrected chi connectivity index (χ4v) is 2.24. The van der Waals surface area contributed by atoms with E-state index in [0.717, 1.165) is 5.56 Å². The van der Waals surface area contributed by atoms with E-state index in [2.05, 4.69) is 36.0 Å². The molecule has 1 unspecified atom stereocenters. The number of aromatic nitrogens is 7. The molecular weight excluding hydrogens is 353 g/mol. The Labute approximate surface area is 144 Å². The molecule has 0 aliphatic rings. The Balaban J connectivity index is 1.69. The molecule has 0 saturated heterocycles. The summed E-state index contributed by atoms with van der Waals surface area (Å²) >= 11 is 0. The second-order valence-corrected chi connectivity index (χ2v) is 5.32. The molecule has 3 aromatic rings. The van der Waals surface area contributed by atoms with Gasteiger partial charge in [0.25, 0.3) is 5.82 Å². The molecule has 0 bridgehead atoms. The summed E-state index contributed by atoms with van der Waals surface area (Å²) in [6.07, 6.45) is -3.05. The van der Waals surface area contributed by atoms with Gasteiger partial charge in [0.05, 0.1) is 6.54 Å². The lowest BCUT2D eigenvalue weighted by Gasteiger charge is -2.15. The van der Waals surface area contributed by atoms with Crippen molar-refractivity contribution < 1.29 is 18.0 Å². The molecule has 0 radical (unpaired) electrons. The molecule has 3 rings (SSSR count). The number of carbonyl (C=O) groups is 1. The molecule has 0 aliphatic heterocycles. The van der Waals surface area contributed by atoms with Crippen molar-refractivity contribution in [2.24, 2.45) is 0 Å². The number of nitrogens with one attached hydrogen (secondary N) is 2. The number of aromatic amines is 1. The third-order valence-corrected chi connectivity index (χ3v) is 3.47. The van der Waals surface area contributed by atoms with Crippen molar-refractivity contribution in [3.8, 4) is 0 Å². The number of carbonyl (C=O) groups excluding carboxylic acids is 1. The van der Waals surface area contributed by atoms with E-state index in [1.54, 1.807) is 0 Å². The van der Waals surface area contributed by atoms with E-state index in [4.69, 9.17) is 0 Å². The van der Waals surface area contributed by atoms with Gasteiger partial charge in [-0.25, -0.2) is 9.67 Å². The van der Waals surface area contributed by atoms with Crippen LogP contribution in [0.1, 0.15) is 23.3 Å². The Bertz CT molecular complexity index is 847. The Morgan fingerprint density at radius 3 is 2.65 bits per heavy atom. The van der Waals surface area contributed by atoms with E-state index < -0.39 is 23.9 Å². The summed E-state index contributed by atoms with van der Waals surface area (Å²) < 4.78 is 38.8. The van der Waals surface area contributed by atoms with Crippen molar-refractivity contribution in [2.45, 2.75) is 25.2 Å². The normalized spacial score (nSPS) is 12.7. The van der Waals surface area contributed by atoms with Gasteiger partial charge in [-0.15, -0.1) is 10.2 Å². The summed E-state index contributed by atoms with van der Waals surface area (Å²) in [7, 11) is 0. The largest absolute Gasteiger partial charge is 0.453 e. The van der Waals surface area contributed by atoms with Gasteiger partial charge in [0.15, 0.2) is 0 Å². The standard InChI is InChI=1S/C14H13F3N8O/c15-14(16,17)13-20-11(21-22-13)7-18-12(26)10(25-8-19-23-24-25)6-9-4-2-1-3-5-9/h1-5,8,10H,6-7H2,(H,18,26)(H,20,21,22). The second kappa shape index (κ2) is 7.29. The molecule has 0 aliphatic carbocycles. The lowest BCUT2D eigenvalue weighted by atomic mass is 10.1. The number of alkyl halides is 3. The number of amides is 1. The summed E-state index contributed by atoms with van der Waals surface area (Å²) in [5.74, 6) is -1.87. The molecule has 0 spiro atoms. The maximum absolute atomic E-state index is 12.5. The molecule has 2 N–H and O–H groups in total. The van der Waals surface area contributed by atoms with Crippen LogP contribution in [0.15, 0.2) is 36.7 Å². The van der Waals surface area contributed by atoms with Crippen molar-refractivity contribution in [1.29, 1.82) is 0 Å². The highest BCUT2D eigenvalue weighted by Crippen LogP contribution is 2.25. The fourth-order valence-electron chi connectivity index (χ4n) is 2.24. The number of rotatable bonds is 6. The fraction of sp³-hybridized carbons (Fsp3) is 0.286. The number of hydrogen-bond donors (Lipinski definition) is 2. The quantitative estimate of drug-likeness (QED) is 0.670. The van der Waals surface area contributed by atoms with Crippen molar-refractivity contribution in [3.63, 3.8) is 0 Å². The molecule has 1 amide bonds. The van der Waals surface area contributed by atoms with Gasteiger partial charge in [-0.2, -0.15) is 13.2 Å².